The van der Waals surface area contributed by atoms with Crippen LogP contribution in [0.1, 0.15) is 13.8 Å². The minimum Gasteiger partial charge on any atom is -0.484 e. The number of ether oxygens (including phenoxy) is 3. The third-order valence-electron chi connectivity index (χ3n) is 2.78. The molecule has 1 unspecified atom stereocenters. The number of amides is 1. The van der Waals surface area contributed by atoms with E-state index in [0.29, 0.717) is 23.9 Å². The molecule has 1 heterocycles. The van der Waals surface area contributed by atoms with E-state index in [1.54, 1.807) is 24.3 Å². The molecule has 1 amide bonds. The van der Waals surface area contributed by atoms with Crippen molar-refractivity contribution >= 4 is 17.5 Å². The number of hydrogen-bond acceptors (Lipinski definition) is 4. The van der Waals surface area contributed by atoms with Crippen molar-refractivity contribution in [1.82, 2.24) is 5.32 Å². The largest absolute Gasteiger partial charge is 0.484 e. The summed E-state index contributed by atoms with van der Waals surface area (Å²) in [7, 11) is 0. The highest BCUT2D eigenvalue weighted by Gasteiger charge is 2.32. The van der Waals surface area contributed by atoms with Gasteiger partial charge in [0.05, 0.1) is 6.61 Å². The normalized spacial score (nSPS) is 20.6. The summed E-state index contributed by atoms with van der Waals surface area (Å²) in [5.41, 5.74) is 0. The number of halogens is 1. The second-order valence-electron chi connectivity index (χ2n) is 5.00. The van der Waals surface area contributed by atoms with E-state index in [4.69, 9.17) is 25.8 Å². The van der Waals surface area contributed by atoms with Gasteiger partial charge in [0, 0.05) is 11.6 Å². The molecule has 1 aromatic carbocycles. The molecule has 1 atom stereocenters. The van der Waals surface area contributed by atoms with E-state index in [1.807, 2.05) is 13.8 Å². The minimum atomic E-state index is -0.574. The fourth-order valence-electron chi connectivity index (χ4n) is 1.82. The zero-order chi connectivity index (χ0) is 14.6. The van der Waals surface area contributed by atoms with Crippen LogP contribution in [0.2, 0.25) is 5.02 Å². The van der Waals surface area contributed by atoms with E-state index in [1.165, 1.54) is 0 Å². The highest BCUT2D eigenvalue weighted by molar-refractivity contribution is 6.30. The number of benzene rings is 1. The fraction of sp³-hybridized carbons (Fsp3) is 0.500. The van der Waals surface area contributed by atoms with Crippen LogP contribution in [0.25, 0.3) is 0 Å². The van der Waals surface area contributed by atoms with Gasteiger partial charge < -0.3 is 19.5 Å². The van der Waals surface area contributed by atoms with Crippen LogP contribution in [0.4, 0.5) is 0 Å². The van der Waals surface area contributed by atoms with Gasteiger partial charge in [0.1, 0.15) is 11.9 Å². The molecule has 5 nitrogen and oxygen atoms in total. The number of rotatable bonds is 5. The van der Waals surface area contributed by atoms with Crippen LogP contribution in [0.15, 0.2) is 24.3 Å². The van der Waals surface area contributed by atoms with Gasteiger partial charge in [-0.15, -0.1) is 0 Å². The predicted octanol–water partition coefficient (Wildman–Crippen LogP) is 1.99. The van der Waals surface area contributed by atoms with Crippen molar-refractivity contribution in [2.75, 3.05) is 19.8 Å². The van der Waals surface area contributed by atoms with Crippen LogP contribution in [0.5, 0.6) is 5.75 Å². The number of hydrogen-bond donors (Lipinski definition) is 1. The first-order chi connectivity index (χ1) is 9.44. The Morgan fingerprint density at radius 1 is 1.45 bits per heavy atom. The van der Waals surface area contributed by atoms with Crippen LogP contribution < -0.4 is 10.1 Å². The first kappa shape index (κ1) is 15.1. The van der Waals surface area contributed by atoms with E-state index >= 15 is 0 Å². The molecule has 2 rings (SSSR count). The maximum atomic E-state index is 11.6. The molecule has 0 aliphatic carbocycles. The summed E-state index contributed by atoms with van der Waals surface area (Å²) in [4.78, 5) is 11.6. The summed E-state index contributed by atoms with van der Waals surface area (Å²) < 4.78 is 16.3. The Bertz CT molecular complexity index is 461. The van der Waals surface area contributed by atoms with Crippen molar-refractivity contribution in [3.8, 4) is 5.75 Å². The Morgan fingerprint density at radius 3 is 2.75 bits per heavy atom. The Labute approximate surface area is 123 Å². The first-order valence-corrected chi connectivity index (χ1v) is 6.79. The zero-order valence-electron chi connectivity index (χ0n) is 11.5. The second-order valence-corrected chi connectivity index (χ2v) is 5.43. The lowest BCUT2D eigenvalue weighted by atomic mass is 10.3. The van der Waals surface area contributed by atoms with Gasteiger partial charge in [-0.3, -0.25) is 4.79 Å². The van der Waals surface area contributed by atoms with E-state index < -0.39 is 5.79 Å². The summed E-state index contributed by atoms with van der Waals surface area (Å²) >= 11 is 5.76. The average Bonchev–Trinajstić information content (AvgIpc) is 2.75. The van der Waals surface area contributed by atoms with Crippen molar-refractivity contribution in [2.45, 2.75) is 25.7 Å². The molecular weight excluding hydrogens is 282 g/mol. The van der Waals surface area contributed by atoms with Crippen LogP contribution in [0.3, 0.4) is 0 Å². The van der Waals surface area contributed by atoms with Gasteiger partial charge >= 0.3 is 0 Å². The topological polar surface area (TPSA) is 56.8 Å². The van der Waals surface area contributed by atoms with Crippen LogP contribution in [0, 0.1) is 0 Å². The van der Waals surface area contributed by atoms with Crippen LogP contribution >= 0.6 is 11.6 Å². The molecule has 0 radical (unpaired) electrons. The Morgan fingerprint density at radius 2 is 2.15 bits per heavy atom. The Balaban J connectivity index is 1.67. The highest BCUT2D eigenvalue weighted by atomic mass is 35.5. The third-order valence-corrected chi connectivity index (χ3v) is 3.03. The van der Waals surface area contributed by atoms with Gasteiger partial charge in [-0.25, -0.2) is 0 Å². The number of carbonyl (C=O) groups is 1. The molecule has 1 N–H and O–H groups in total. The molecule has 0 saturated carbocycles. The standard InChI is InChI=1S/C14H18ClNO4/c1-14(2)19-8-12(20-14)7-16-13(17)9-18-11-5-3-10(15)4-6-11/h3-6,12H,7-9H2,1-2H3,(H,16,17). The van der Waals surface area contributed by atoms with Crippen LogP contribution in [-0.4, -0.2) is 37.6 Å². The smallest absolute Gasteiger partial charge is 0.258 e. The highest BCUT2D eigenvalue weighted by Crippen LogP contribution is 2.21. The summed E-state index contributed by atoms with van der Waals surface area (Å²) in [6, 6.07) is 6.85. The number of nitrogens with one attached hydrogen (secondary N) is 1. The quantitative estimate of drug-likeness (QED) is 0.903. The maximum Gasteiger partial charge on any atom is 0.258 e. The van der Waals surface area contributed by atoms with Crippen molar-refractivity contribution in [3.63, 3.8) is 0 Å². The summed E-state index contributed by atoms with van der Waals surface area (Å²) in [6.07, 6.45) is -0.121. The predicted molar refractivity (Wildman–Crippen MR) is 74.9 cm³/mol. The van der Waals surface area contributed by atoms with Gasteiger partial charge in [-0.2, -0.15) is 0 Å². The molecule has 20 heavy (non-hydrogen) atoms. The molecule has 1 aromatic rings. The minimum absolute atomic E-state index is 0.0431. The van der Waals surface area contributed by atoms with E-state index in [9.17, 15) is 4.79 Å². The molecule has 0 bridgehead atoms. The van der Waals surface area contributed by atoms with Crippen molar-refractivity contribution in [2.24, 2.45) is 0 Å². The van der Waals surface area contributed by atoms with Gasteiger partial charge in [-0.1, -0.05) is 11.6 Å². The molecule has 0 aromatic heterocycles. The van der Waals surface area contributed by atoms with E-state index in [0.717, 1.165) is 0 Å². The number of carbonyl (C=O) groups excluding carboxylic acids is 1. The molecular formula is C14H18ClNO4. The molecule has 0 spiro atoms. The summed E-state index contributed by atoms with van der Waals surface area (Å²) in [5.74, 6) is -0.172. The molecule has 1 saturated heterocycles. The fourth-order valence-corrected chi connectivity index (χ4v) is 1.95. The van der Waals surface area contributed by atoms with Crippen molar-refractivity contribution in [3.05, 3.63) is 29.3 Å². The molecule has 1 aliphatic heterocycles. The van der Waals surface area contributed by atoms with Gasteiger partial charge in [0.15, 0.2) is 12.4 Å². The van der Waals surface area contributed by atoms with Crippen LogP contribution in [-0.2, 0) is 14.3 Å². The summed E-state index contributed by atoms with van der Waals surface area (Å²) in [5, 5.41) is 3.38. The van der Waals surface area contributed by atoms with Crippen molar-refractivity contribution in [1.29, 1.82) is 0 Å². The molecule has 1 fully saturated rings. The van der Waals surface area contributed by atoms with Gasteiger partial charge in [-0.05, 0) is 38.1 Å². The Kier molecular flexibility index (Phi) is 4.86. The Hall–Kier alpha value is -1.30. The van der Waals surface area contributed by atoms with Crippen molar-refractivity contribution < 1.29 is 19.0 Å². The summed E-state index contributed by atoms with van der Waals surface area (Å²) in [6.45, 7) is 4.53. The zero-order valence-corrected chi connectivity index (χ0v) is 12.3. The van der Waals surface area contributed by atoms with Gasteiger partial charge in [0.2, 0.25) is 0 Å². The molecule has 6 heteroatoms. The lowest BCUT2D eigenvalue weighted by Gasteiger charge is -2.17. The SMILES string of the molecule is CC1(C)OCC(CNC(=O)COc2ccc(Cl)cc2)O1. The second kappa shape index (κ2) is 6.43. The lowest BCUT2D eigenvalue weighted by Crippen LogP contribution is -2.37. The van der Waals surface area contributed by atoms with E-state index in [2.05, 4.69) is 5.32 Å². The third kappa shape index (κ3) is 4.67. The monoisotopic (exact) mass is 299 g/mol. The lowest BCUT2D eigenvalue weighted by molar-refractivity contribution is -0.139. The first-order valence-electron chi connectivity index (χ1n) is 6.41. The van der Waals surface area contributed by atoms with E-state index in [-0.39, 0.29) is 18.6 Å². The van der Waals surface area contributed by atoms with Gasteiger partial charge in [0.25, 0.3) is 5.91 Å². The average molecular weight is 300 g/mol. The maximum absolute atomic E-state index is 11.6. The molecule has 110 valence electrons. The molecule has 1 aliphatic rings.